The smallest absolute Gasteiger partial charge is 0.414 e. The molecule has 0 bridgehead atoms. The molecule has 2 amide bonds. The van der Waals surface area contributed by atoms with Crippen molar-refractivity contribution in [2.75, 3.05) is 36.0 Å². The van der Waals surface area contributed by atoms with E-state index >= 15 is 0 Å². The number of amides is 2. The van der Waals surface area contributed by atoms with Gasteiger partial charge in [-0.1, -0.05) is 20.8 Å². The molecule has 0 aliphatic carbocycles. The largest absolute Gasteiger partial charge is 0.455 e. The number of anilines is 2. The summed E-state index contributed by atoms with van der Waals surface area (Å²) in [6.45, 7) is 16.2. The number of benzene rings is 1. The van der Waals surface area contributed by atoms with Crippen LogP contribution in [0.5, 0.6) is 0 Å². The van der Waals surface area contributed by atoms with Crippen molar-refractivity contribution in [3.8, 4) is 0 Å². The lowest BCUT2D eigenvalue weighted by molar-refractivity contribution is 0.0496. The fourth-order valence-electron chi connectivity index (χ4n) is 3.29. The summed E-state index contributed by atoms with van der Waals surface area (Å²) in [5, 5.41) is 6.76. The van der Waals surface area contributed by atoms with E-state index in [9.17, 15) is 18.4 Å². The van der Waals surface area contributed by atoms with Gasteiger partial charge in [0.25, 0.3) is 8.32 Å². The fourth-order valence-corrected chi connectivity index (χ4v) is 3.92. The predicted octanol–water partition coefficient (Wildman–Crippen LogP) is 5.01. The van der Waals surface area contributed by atoms with Gasteiger partial charge in [-0.3, -0.25) is 4.90 Å². The average Bonchev–Trinajstić information content (AvgIpc) is 3.05. The maximum absolute atomic E-state index is 14.9. The van der Waals surface area contributed by atoms with Gasteiger partial charge in [0.2, 0.25) is 0 Å². The number of rotatable bonds is 6. The molecular formula is C24H36F2N4O5Si. The number of nitrogens with one attached hydrogen (secondary N) is 1. The van der Waals surface area contributed by atoms with Crippen LogP contribution in [0.1, 0.15) is 41.5 Å². The van der Waals surface area contributed by atoms with Gasteiger partial charge in [0.1, 0.15) is 17.4 Å². The molecule has 9 nitrogen and oxygen atoms in total. The Labute approximate surface area is 211 Å². The summed E-state index contributed by atoms with van der Waals surface area (Å²) in [6, 6.07) is 2.20. The lowest BCUT2D eigenvalue weighted by Gasteiger charge is -2.37. The molecule has 200 valence electrons. The summed E-state index contributed by atoms with van der Waals surface area (Å²) in [6.07, 6.45) is -2.09. The molecule has 36 heavy (non-hydrogen) atoms. The second-order valence-corrected chi connectivity index (χ2v) is 16.3. The maximum atomic E-state index is 14.9. The normalized spacial score (nSPS) is 18.6. The van der Waals surface area contributed by atoms with Gasteiger partial charge < -0.3 is 24.2 Å². The van der Waals surface area contributed by atoms with Crippen LogP contribution in [0.3, 0.4) is 0 Å². The molecule has 2 saturated heterocycles. The number of carbonyl (C=O) groups excluding carboxylic acids is 2. The molecule has 12 heteroatoms. The first-order chi connectivity index (χ1) is 16.5. The van der Waals surface area contributed by atoms with E-state index in [2.05, 4.69) is 44.3 Å². The number of ether oxygens (including phenoxy) is 2. The Morgan fingerprint density at radius 1 is 1.17 bits per heavy atom. The van der Waals surface area contributed by atoms with Crippen LogP contribution >= 0.6 is 0 Å². The van der Waals surface area contributed by atoms with Crippen LogP contribution in [0.15, 0.2) is 17.3 Å². The molecule has 2 heterocycles. The van der Waals surface area contributed by atoms with Gasteiger partial charge in [-0.05, 0) is 38.9 Å². The number of cyclic esters (lactones) is 1. The third-order valence-corrected chi connectivity index (χ3v) is 10.5. The highest BCUT2D eigenvalue weighted by atomic mass is 28.4. The Bertz CT molecular complexity index is 1020. The summed E-state index contributed by atoms with van der Waals surface area (Å²) in [5.74, 6) is -1.59. The molecule has 1 aromatic carbocycles. The Morgan fingerprint density at radius 2 is 1.75 bits per heavy atom. The maximum Gasteiger partial charge on any atom is 0.414 e. The van der Waals surface area contributed by atoms with Crippen molar-refractivity contribution in [2.45, 2.75) is 71.4 Å². The molecule has 1 N–H and O–H groups in total. The fraction of sp³-hybridized carbons (Fsp3) is 0.625. The van der Waals surface area contributed by atoms with Crippen molar-refractivity contribution in [1.82, 2.24) is 5.32 Å². The SMILES string of the molecule is CC(C)(C)OC(=O)NC[C@H]1CN(c2cc(F)c(N3CC(=NO[Si](C)(C)C(C)(C)C)C3)c(F)c2)C(=O)O1. The Hall–Kier alpha value is -2.89. The van der Waals surface area contributed by atoms with Gasteiger partial charge in [-0.2, -0.15) is 0 Å². The van der Waals surface area contributed by atoms with Gasteiger partial charge in [0.15, 0.2) is 11.6 Å². The van der Waals surface area contributed by atoms with E-state index in [0.717, 1.165) is 17.0 Å². The monoisotopic (exact) mass is 526 g/mol. The first-order valence-electron chi connectivity index (χ1n) is 11.9. The van der Waals surface area contributed by atoms with Crippen LogP contribution in [0.25, 0.3) is 0 Å². The van der Waals surface area contributed by atoms with Crippen molar-refractivity contribution in [3.05, 3.63) is 23.8 Å². The van der Waals surface area contributed by atoms with Gasteiger partial charge in [0, 0.05) is 12.1 Å². The molecule has 0 unspecified atom stereocenters. The molecular weight excluding hydrogens is 490 g/mol. The molecule has 3 rings (SSSR count). The highest BCUT2D eigenvalue weighted by molar-refractivity contribution is 6.74. The Morgan fingerprint density at radius 3 is 2.28 bits per heavy atom. The summed E-state index contributed by atoms with van der Waals surface area (Å²) in [4.78, 5) is 26.8. The van der Waals surface area contributed by atoms with Crippen LogP contribution < -0.4 is 15.1 Å². The molecule has 0 spiro atoms. The summed E-state index contributed by atoms with van der Waals surface area (Å²) in [5.41, 5.74) is -0.0961. The molecule has 1 atom stereocenters. The lowest BCUT2D eigenvalue weighted by Crippen LogP contribution is -2.49. The molecule has 2 aliphatic heterocycles. The minimum absolute atomic E-state index is 0.00390. The highest BCUT2D eigenvalue weighted by Crippen LogP contribution is 2.37. The van der Waals surface area contributed by atoms with Crippen LogP contribution in [0.4, 0.5) is 29.7 Å². The number of carbonyl (C=O) groups is 2. The zero-order valence-electron chi connectivity index (χ0n) is 22.2. The number of oxime groups is 1. The van der Waals surface area contributed by atoms with Crippen LogP contribution in [0.2, 0.25) is 18.1 Å². The standard InChI is InChI=1S/C24H36F2N4O5Si/c1-23(2,3)34-21(31)27-11-17-14-30(22(32)33-17)16-9-18(25)20(19(26)10-16)29-12-15(13-29)28-35-36(7,8)24(4,5)6/h9-10,17H,11-14H2,1-8H3,(H,27,31)/t17-/m0/s1. The van der Waals surface area contributed by atoms with Crippen LogP contribution in [0, 0.1) is 11.6 Å². The van der Waals surface area contributed by atoms with E-state index in [1.165, 1.54) is 4.90 Å². The topological polar surface area (TPSA) is 92.7 Å². The first kappa shape index (κ1) is 27.7. The molecule has 2 aliphatic rings. The minimum Gasteiger partial charge on any atom is -0.455 e. The number of hydrogen-bond donors (Lipinski definition) is 1. The van der Waals surface area contributed by atoms with E-state index in [1.54, 1.807) is 20.8 Å². The Kier molecular flexibility index (Phi) is 7.59. The van der Waals surface area contributed by atoms with Crippen LogP contribution in [-0.4, -0.2) is 64.1 Å². The third-order valence-electron chi connectivity index (χ3n) is 6.33. The van der Waals surface area contributed by atoms with Crippen molar-refractivity contribution in [2.24, 2.45) is 5.16 Å². The van der Waals surface area contributed by atoms with Crippen molar-refractivity contribution in [1.29, 1.82) is 0 Å². The quantitative estimate of drug-likeness (QED) is 0.414. The first-order valence-corrected chi connectivity index (χ1v) is 14.8. The zero-order valence-corrected chi connectivity index (χ0v) is 23.2. The van der Waals surface area contributed by atoms with Gasteiger partial charge in [0.05, 0.1) is 37.6 Å². The molecule has 1 aromatic rings. The van der Waals surface area contributed by atoms with Crippen LogP contribution in [-0.2, 0) is 14.0 Å². The third kappa shape index (κ3) is 6.45. The minimum atomic E-state index is -2.06. The second kappa shape index (κ2) is 9.87. The molecule has 0 saturated carbocycles. The second-order valence-electron chi connectivity index (χ2n) is 11.6. The number of nitrogens with zero attached hydrogens (tertiary/aromatic N) is 3. The average molecular weight is 527 g/mol. The lowest BCUT2D eigenvalue weighted by atomic mass is 10.1. The number of halogens is 2. The van der Waals surface area contributed by atoms with Gasteiger partial charge >= 0.3 is 12.2 Å². The molecule has 0 aromatic heterocycles. The molecule has 0 radical (unpaired) electrons. The zero-order chi connectivity index (χ0) is 27.1. The van der Waals surface area contributed by atoms with Crippen molar-refractivity contribution in [3.63, 3.8) is 0 Å². The number of hydrogen-bond acceptors (Lipinski definition) is 7. The van der Waals surface area contributed by atoms with Crippen molar-refractivity contribution < 1.29 is 32.4 Å². The molecule has 2 fully saturated rings. The summed E-state index contributed by atoms with van der Waals surface area (Å²) in [7, 11) is -2.06. The van der Waals surface area contributed by atoms with Crippen molar-refractivity contribution >= 4 is 37.6 Å². The highest BCUT2D eigenvalue weighted by Gasteiger charge is 2.40. The number of alkyl carbamates (subject to hydrolysis) is 1. The van der Waals surface area contributed by atoms with E-state index in [0.29, 0.717) is 5.71 Å². The van der Waals surface area contributed by atoms with E-state index in [-0.39, 0.29) is 42.6 Å². The van der Waals surface area contributed by atoms with E-state index in [4.69, 9.17) is 14.0 Å². The van der Waals surface area contributed by atoms with E-state index in [1.807, 2.05) is 0 Å². The summed E-state index contributed by atoms with van der Waals surface area (Å²) < 4.78 is 46.1. The summed E-state index contributed by atoms with van der Waals surface area (Å²) >= 11 is 0. The van der Waals surface area contributed by atoms with Gasteiger partial charge in [-0.15, -0.1) is 5.16 Å². The van der Waals surface area contributed by atoms with Gasteiger partial charge in [-0.25, -0.2) is 18.4 Å². The van der Waals surface area contributed by atoms with E-state index < -0.39 is 43.8 Å². The Balaban J connectivity index is 1.60. The predicted molar refractivity (Wildman–Crippen MR) is 136 cm³/mol.